The van der Waals surface area contributed by atoms with E-state index in [9.17, 15) is 9.59 Å². The number of hydrogen-bond donors (Lipinski definition) is 1. The van der Waals surface area contributed by atoms with Gasteiger partial charge in [-0.05, 0) is 42.8 Å². The van der Waals surface area contributed by atoms with Crippen molar-refractivity contribution in [2.24, 2.45) is 0 Å². The van der Waals surface area contributed by atoms with Crippen molar-refractivity contribution in [3.63, 3.8) is 0 Å². The first kappa shape index (κ1) is 15.2. The van der Waals surface area contributed by atoms with Crippen LogP contribution in [0.4, 0.5) is 5.82 Å². The summed E-state index contributed by atoms with van der Waals surface area (Å²) in [5.41, 5.74) is 1.33. The second-order valence-corrected chi connectivity index (χ2v) is 5.21. The Morgan fingerprint density at radius 2 is 1.81 bits per heavy atom. The molecule has 0 fully saturated rings. The lowest BCUT2D eigenvalue weighted by atomic mass is 10.00. The quantitative estimate of drug-likeness (QED) is 0.937. The number of ketones is 1. The number of aromatic nitrogens is 1. The third kappa shape index (κ3) is 3.89. The molecule has 21 heavy (non-hydrogen) atoms. The zero-order chi connectivity index (χ0) is 15.4. The molecular weight excluding hydrogens is 288 g/mol. The number of pyridine rings is 1. The molecule has 0 spiro atoms. The normalized spacial score (nSPS) is 11.8. The SMILES string of the molecule is CC(=O)C(C)c1ccc(NC(=O)c2ccc(Cl)cc2)nc1. The van der Waals surface area contributed by atoms with Crippen LogP contribution in [-0.2, 0) is 4.79 Å². The fourth-order valence-corrected chi connectivity index (χ4v) is 1.89. The molecule has 2 aromatic rings. The molecule has 108 valence electrons. The third-order valence-corrected chi connectivity index (χ3v) is 3.50. The number of rotatable bonds is 4. The Hall–Kier alpha value is -2.20. The van der Waals surface area contributed by atoms with Gasteiger partial charge in [-0.15, -0.1) is 0 Å². The molecule has 2 rings (SSSR count). The van der Waals surface area contributed by atoms with Crippen LogP contribution >= 0.6 is 11.6 Å². The molecule has 1 aromatic heterocycles. The Labute approximate surface area is 128 Å². The number of amides is 1. The van der Waals surface area contributed by atoms with Crippen molar-refractivity contribution in [3.05, 3.63) is 58.7 Å². The van der Waals surface area contributed by atoms with E-state index in [0.717, 1.165) is 5.56 Å². The maximum atomic E-state index is 12.0. The van der Waals surface area contributed by atoms with E-state index >= 15 is 0 Å². The Morgan fingerprint density at radius 3 is 2.33 bits per heavy atom. The molecule has 0 aliphatic rings. The summed E-state index contributed by atoms with van der Waals surface area (Å²) in [5.74, 6) is 0.0641. The molecule has 4 nitrogen and oxygen atoms in total. The number of benzene rings is 1. The number of carbonyl (C=O) groups excluding carboxylic acids is 2. The van der Waals surface area contributed by atoms with Gasteiger partial charge in [0, 0.05) is 22.7 Å². The molecule has 0 radical (unpaired) electrons. The van der Waals surface area contributed by atoms with Crippen molar-refractivity contribution < 1.29 is 9.59 Å². The van der Waals surface area contributed by atoms with E-state index in [1.165, 1.54) is 0 Å². The van der Waals surface area contributed by atoms with E-state index in [-0.39, 0.29) is 17.6 Å². The second kappa shape index (κ2) is 6.50. The molecule has 0 bridgehead atoms. The number of nitrogens with one attached hydrogen (secondary N) is 1. The van der Waals surface area contributed by atoms with E-state index in [0.29, 0.717) is 16.4 Å². The van der Waals surface area contributed by atoms with Crippen molar-refractivity contribution in [2.45, 2.75) is 19.8 Å². The van der Waals surface area contributed by atoms with Gasteiger partial charge < -0.3 is 5.32 Å². The summed E-state index contributed by atoms with van der Waals surface area (Å²) in [6.45, 7) is 3.37. The molecule has 5 heteroatoms. The van der Waals surface area contributed by atoms with Gasteiger partial charge in [-0.3, -0.25) is 9.59 Å². The smallest absolute Gasteiger partial charge is 0.256 e. The van der Waals surface area contributed by atoms with Gasteiger partial charge >= 0.3 is 0 Å². The van der Waals surface area contributed by atoms with Crippen molar-refractivity contribution in [2.75, 3.05) is 5.32 Å². The minimum absolute atomic E-state index is 0.0785. The molecule has 1 unspecified atom stereocenters. The predicted molar refractivity (Wildman–Crippen MR) is 82.7 cm³/mol. The summed E-state index contributed by atoms with van der Waals surface area (Å²) in [6.07, 6.45) is 1.60. The highest BCUT2D eigenvalue weighted by molar-refractivity contribution is 6.30. The molecule has 1 N–H and O–H groups in total. The molecular formula is C16H15ClN2O2. The fourth-order valence-electron chi connectivity index (χ4n) is 1.76. The van der Waals surface area contributed by atoms with Crippen LogP contribution in [0, 0.1) is 0 Å². The molecule has 1 heterocycles. The highest BCUT2D eigenvalue weighted by atomic mass is 35.5. The van der Waals surface area contributed by atoms with Crippen LogP contribution in [0.15, 0.2) is 42.6 Å². The topological polar surface area (TPSA) is 59.1 Å². The maximum Gasteiger partial charge on any atom is 0.256 e. The fraction of sp³-hybridized carbons (Fsp3) is 0.188. The van der Waals surface area contributed by atoms with Crippen LogP contribution in [0.25, 0.3) is 0 Å². The van der Waals surface area contributed by atoms with Crippen molar-refractivity contribution in [3.8, 4) is 0 Å². The summed E-state index contributed by atoms with van der Waals surface area (Å²) in [5, 5.41) is 3.27. The van der Waals surface area contributed by atoms with Gasteiger partial charge in [0.05, 0.1) is 0 Å². The van der Waals surface area contributed by atoms with Crippen LogP contribution in [-0.4, -0.2) is 16.7 Å². The number of halogens is 1. The summed E-state index contributed by atoms with van der Waals surface area (Å²) in [4.78, 5) is 27.5. The zero-order valence-electron chi connectivity index (χ0n) is 11.8. The second-order valence-electron chi connectivity index (χ2n) is 4.77. The first-order valence-corrected chi connectivity index (χ1v) is 6.88. The van der Waals surface area contributed by atoms with Crippen LogP contribution in [0.3, 0.4) is 0 Å². The summed E-state index contributed by atoms with van der Waals surface area (Å²) in [7, 11) is 0. The van der Waals surface area contributed by atoms with Crippen LogP contribution in [0.1, 0.15) is 35.7 Å². The first-order valence-electron chi connectivity index (χ1n) is 6.50. The lowest BCUT2D eigenvalue weighted by Gasteiger charge is -2.09. The highest BCUT2D eigenvalue weighted by Crippen LogP contribution is 2.17. The van der Waals surface area contributed by atoms with Gasteiger partial charge in [-0.1, -0.05) is 24.6 Å². The molecule has 1 atom stereocenters. The predicted octanol–water partition coefficient (Wildman–Crippen LogP) is 3.68. The average molecular weight is 303 g/mol. The third-order valence-electron chi connectivity index (χ3n) is 3.24. The van der Waals surface area contributed by atoms with E-state index in [1.807, 2.05) is 6.92 Å². The van der Waals surface area contributed by atoms with Crippen LogP contribution in [0.5, 0.6) is 0 Å². The van der Waals surface area contributed by atoms with Gasteiger partial charge in [0.25, 0.3) is 5.91 Å². The van der Waals surface area contributed by atoms with Gasteiger partial charge in [-0.2, -0.15) is 0 Å². The van der Waals surface area contributed by atoms with Gasteiger partial charge in [-0.25, -0.2) is 4.98 Å². The van der Waals surface area contributed by atoms with Crippen molar-refractivity contribution in [1.82, 2.24) is 4.98 Å². The molecule has 0 saturated heterocycles. The Kier molecular flexibility index (Phi) is 4.70. The van der Waals surface area contributed by atoms with Crippen molar-refractivity contribution >= 4 is 29.1 Å². The lowest BCUT2D eigenvalue weighted by Crippen LogP contribution is -2.13. The van der Waals surface area contributed by atoms with E-state index < -0.39 is 0 Å². The van der Waals surface area contributed by atoms with Gasteiger partial charge in [0.15, 0.2) is 0 Å². The van der Waals surface area contributed by atoms with Gasteiger partial charge in [0.1, 0.15) is 11.6 Å². The number of Topliss-reactive ketones (excluding diaryl/α,β-unsaturated/α-hetero) is 1. The van der Waals surface area contributed by atoms with Crippen LogP contribution in [0.2, 0.25) is 5.02 Å². The van der Waals surface area contributed by atoms with E-state index in [2.05, 4.69) is 10.3 Å². The van der Waals surface area contributed by atoms with Crippen molar-refractivity contribution in [1.29, 1.82) is 0 Å². The summed E-state index contributed by atoms with van der Waals surface area (Å²) < 4.78 is 0. The standard InChI is InChI=1S/C16H15ClN2O2/c1-10(11(2)20)13-5-8-15(18-9-13)19-16(21)12-3-6-14(17)7-4-12/h3-10H,1-2H3,(H,18,19,21). The van der Waals surface area contributed by atoms with E-state index in [4.69, 9.17) is 11.6 Å². The Balaban J connectivity index is 2.08. The molecule has 1 aromatic carbocycles. The monoisotopic (exact) mass is 302 g/mol. The summed E-state index contributed by atoms with van der Waals surface area (Å²) in [6, 6.07) is 10.1. The van der Waals surface area contributed by atoms with Crippen LogP contribution < -0.4 is 5.32 Å². The molecule has 0 aliphatic carbocycles. The maximum absolute atomic E-state index is 12.0. The van der Waals surface area contributed by atoms with E-state index in [1.54, 1.807) is 49.5 Å². The number of hydrogen-bond acceptors (Lipinski definition) is 3. The minimum atomic E-state index is -0.258. The lowest BCUT2D eigenvalue weighted by molar-refractivity contribution is -0.118. The number of carbonyl (C=O) groups is 2. The average Bonchev–Trinajstić information content (AvgIpc) is 2.47. The Morgan fingerprint density at radius 1 is 1.14 bits per heavy atom. The number of nitrogens with zero attached hydrogens (tertiary/aromatic N) is 1. The Bertz CT molecular complexity index is 651. The molecule has 0 aliphatic heterocycles. The minimum Gasteiger partial charge on any atom is -0.307 e. The highest BCUT2D eigenvalue weighted by Gasteiger charge is 2.11. The first-order chi connectivity index (χ1) is 9.97. The number of anilines is 1. The zero-order valence-corrected chi connectivity index (χ0v) is 12.5. The summed E-state index contributed by atoms with van der Waals surface area (Å²) >= 11 is 5.78. The largest absolute Gasteiger partial charge is 0.307 e. The molecule has 0 saturated carbocycles. The molecule has 1 amide bonds. The van der Waals surface area contributed by atoms with Gasteiger partial charge in [0.2, 0.25) is 0 Å².